The molecule has 0 aliphatic rings. The van der Waals surface area contributed by atoms with Crippen LogP contribution in [0.25, 0.3) is 0 Å². The van der Waals surface area contributed by atoms with Crippen molar-refractivity contribution >= 4 is 24.2 Å². The number of halogens is 1. The average Bonchev–Trinajstić information content (AvgIpc) is 1.65. The van der Waals surface area contributed by atoms with Gasteiger partial charge in [0.15, 0.2) is 0 Å². The summed E-state index contributed by atoms with van der Waals surface area (Å²) >= 11 is 4.91. The Morgan fingerprint density at radius 1 is 1.43 bits per heavy atom. The van der Waals surface area contributed by atoms with Crippen molar-refractivity contribution in [2.75, 3.05) is 0 Å². The first-order chi connectivity index (χ1) is 2.81. The molecule has 0 fully saturated rings. The summed E-state index contributed by atoms with van der Waals surface area (Å²) in [6.07, 6.45) is 0.739. The van der Waals surface area contributed by atoms with Crippen molar-refractivity contribution in [3.05, 3.63) is 0 Å². The summed E-state index contributed by atoms with van der Waals surface area (Å²) in [5.74, 6) is 0. The number of hydrogen-bond acceptors (Lipinski definition) is 2. The van der Waals surface area contributed by atoms with Crippen molar-refractivity contribution in [2.45, 2.75) is 5.38 Å². The van der Waals surface area contributed by atoms with Crippen LogP contribution in [-0.4, -0.2) is 17.9 Å². The van der Waals surface area contributed by atoms with E-state index in [1.54, 1.807) is 0 Å². The zero-order valence-corrected chi connectivity index (χ0v) is 6.68. The van der Waals surface area contributed by atoms with Crippen LogP contribution in [0, 0.1) is 0 Å². The Labute approximate surface area is 70.0 Å². The van der Waals surface area contributed by atoms with Gasteiger partial charge in [0.05, 0.1) is 0 Å². The summed E-state index contributed by atoms with van der Waals surface area (Å²) in [6.45, 7) is 0. The predicted octanol–water partition coefficient (Wildman–Crippen LogP) is -2.89. The molecular weight excluding hydrogens is 126 g/mol. The molecule has 0 aromatic carbocycles. The van der Waals surface area contributed by atoms with E-state index in [0.29, 0.717) is 12.6 Å². The van der Waals surface area contributed by atoms with Gasteiger partial charge in [-0.25, -0.2) is 0 Å². The van der Waals surface area contributed by atoms with Gasteiger partial charge in [-0.15, -0.1) is 11.6 Å². The molecule has 36 valence electrons. The van der Waals surface area contributed by atoms with E-state index in [9.17, 15) is 9.59 Å². The monoisotopic (exact) mass is 130 g/mol. The Morgan fingerprint density at radius 2 is 1.71 bits per heavy atom. The van der Waals surface area contributed by atoms with Crippen LogP contribution >= 0.6 is 11.6 Å². The van der Waals surface area contributed by atoms with Crippen LogP contribution in [-0.2, 0) is 9.59 Å². The number of carbonyl (C=O) groups is 2. The maximum absolute atomic E-state index is 9.37. The number of alkyl halides is 1. The second-order valence-electron chi connectivity index (χ2n) is 0.717. The molecule has 7 heavy (non-hydrogen) atoms. The van der Waals surface area contributed by atoms with Crippen LogP contribution in [0.15, 0.2) is 0 Å². The molecule has 0 saturated heterocycles. The normalized spacial score (nSPS) is 7.14. The van der Waals surface area contributed by atoms with Crippen LogP contribution in [0.1, 0.15) is 1.43 Å². The van der Waals surface area contributed by atoms with Crippen LogP contribution < -0.4 is 29.6 Å². The molecule has 0 bridgehead atoms. The van der Waals surface area contributed by atoms with Gasteiger partial charge in [-0.3, -0.25) is 0 Å². The molecule has 0 saturated carbocycles. The molecule has 2 nitrogen and oxygen atoms in total. The second kappa shape index (κ2) is 6.63. The molecule has 0 spiro atoms. The summed E-state index contributed by atoms with van der Waals surface area (Å²) in [5, 5.41) is -0.954. The topological polar surface area (TPSA) is 34.1 Å². The number of carbonyl (C=O) groups excluding carboxylic acids is 2. The second-order valence-corrected chi connectivity index (χ2v) is 1.22. The molecule has 0 amide bonds. The average molecular weight is 131 g/mol. The number of rotatable bonds is 2. The third kappa shape index (κ3) is 6.63. The van der Waals surface area contributed by atoms with E-state index in [1.165, 1.54) is 0 Å². The molecular formula is C3H4ClNaO2. The van der Waals surface area contributed by atoms with Gasteiger partial charge < -0.3 is 11.0 Å². The van der Waals surface area contributed by atoms with Gasteiger partial charge in [0.2, 0.25) is 0 Å². The Bertz CT molecular complexity index is 62.3. The van der Waals surface area contributed by atoms with Crippen molar-refractivity contribution in [1.29, 1.82) is 0 Å². The fraction of sp³-hybridized carbons (Fsp3) is 0.333. The van der Waals surface area contributed by atoms with E-state index in [4.69, 9.17) is 11.6 Å². The van der Waals surface area contributed by atoms with Gasteiger partial charge in [-0.1, -0.05) is 0 Å². The first-order valence-corrected chi connectivity index (χ1v) is 1.79. The summed E-state index contributed by atoms with van der Waals surface area (Å²) in [7, 11) is 0. The van der Waals surface area contributed by atoms with E-state index in [0.717, 1.165) is 0 Å². The molecule has 0 aliphatic carbocycles. The van der Waals surface area contributed by atoms with Crippen molar-refractivity contribution in [3.8, 4) is 0 Å². The third-order valence-electron chi connectivity index (χ3n) is 0.260. The molecule has 0 rings (SSSR count). The minimum atomic E-state index is -0.954. The summed E-state index contributed by atoms with van der Waals surface area (Å²) in [4.78, 5) is 18.7. The maximum atomic E-state index is 9.37. The van der Waals surface area contributed by atoms with E-state index in [2.05, 4.69) is 0 Å². The fourth-order valence-electron chi connectivity index (χ4n) is 0.0321. The minimum absolute atomic E-state index is 0. The molecule has 4 heteroatoms. The first kappa shape index (κ1) is 10.6. The molecule has 0 atom stereocenters. The Kier molecular flexibility index (Phi) is 10.0. The minimum Gasteiger partial charge on any atom is -1.00 e. The van der Waals surface area contributed by atoms with Gasteiger partial charge in [0, 0.05) is 0 Å². The van der Waals surface area contributed by atoms with Crippen molar-refractivity contribution < 1.29 is 40.6 Å². The van der Waals surface area contributed by atoms with Crippen LogP contribution in [0.5, 0.6) is 0 Å². The van der Waals surface area contributed by atoms with Gasteiger partial charge in [0.25, 0.3) is 0 Å². The molecule has 0 heterocycles. The zero-order valence-electron chi connectivity index (χ0n) is 4.93. The largest absolute Gasteiger partial charge is 1.00 e. The van der Waals surface area contributed by atoms with E-state index in [-0.39, 0.29) is 31.0 Å². The maximum Gasteiger partial charge on any atom is 1.00 e. The van der Waals surface area contributed by atoms with E-state index >= 15 is 0 Å². The fourth-order valence-corrected chi connectivity index (χ4v) is 0.0321. The van der Waals surface area contributed by atoms with Gasteiger partial charge >= 0.3 is 29.6 Å². The molecule has 0 unspecified atom stereocenters. The van der Waals surface area contributed by atoms with Gasteiger partial charge in [-0.05, 0) is 0 Å². The Morgan fingerprint density at radius 3 is 1.71 bits per heavy atom. The molecule has 0 N–H and O–H groups in total. The number of hydrogen-bond donors (Lipinski definition) is 0. The van der Waals surface area contributed by atoms with E-state index in [1.807, 2.05) is 0 Å². The first-order valence-electron chi connectivity index (χ1n) is 1.36. The number of aldehydes is 2. The van der Waals surface area contributed by atoms with Crippen molar-refractivity contribution in [1.82, 2.24) is 0 Å². The van der Waals surface area contributed by atoms with Crippen molar-refractivity contribution in [2.24, 2.45) is 0 Å². The summed E-state index contributed by atoms with van der Waals surface area (Å²) < 4.78 is 0. The predicted molar refractivity (Wildman–Crippen MR) is 22.9 cm³/mol. The quantitative estimate of drug-likeness (QED) is 0.174. The molecule has 0 radical (unpaired) electrons. The summed E-state index contributed by atoms with van der Waals surface area (Å²) in [6, 6.07) is 0. The van der Waals surface area contributed by atoms with Gasteiger partial charge in [0.1, 0.15) is 17.9 Å². The zero-order chi connectivity index (χ0) is 4.99. The molecule has 0 aliphatic heterocycles. The molecule has 0 aromatic rings. The van der Waals surface area contributed by atoms with E-state index < -0.39 is 5.38 Å². The molecule has 0 aromatic heterocycles. The standard InChI is InChI=1S/C3H3ClO2.Na.H/c4-3(1-5)2-6;;/h1-3H;;/q;+1;-1. The van der Waals surface area contributed by atoms with Crippen molar-refractivity contribution in [3.63, 3.8) is 0 Å². The Hall–Kier alpha value is 0.630. The van der Waals surface area contributed by atoms with Crippen LogP contribution in [0.2, 0.25) is 0 Å². The van der Waals surface area contributed by atoms with Crippen LogP contribution in [0.4, 0.5) is 0 Å². The van der Waals surface area contributed by atoms with Crippen LogP contribution in [0.3, 0.4) is 0 Å². The van der Waals surface area contributed by atoms with Gasteiger partial charge in [-0.2, -0.15) is 0 Å². The SMILES string of the molecule is O=CC(Cl)C=O.[H-].[Na+]. The Balaban J connectivity index is -0.000000125. The smallest absolute Gasteiger partial charge is 1.00 e. The third-order valence-corrected chi connectivity index (χ3v) is 0.466. The summed E-state index contributed by atoms with van der Waals surface area (Å²) in [5.41, 5.74) is 0.